The Morgan fingerprint density at radius 2 is 1.97 bits per heavy atom. The van der Waals surface area contributed by atoms with Crippen molar-refractivity contribution in [2.24, 2.45) is 0 Å². The van der Waals surface area contributed by atoms with Crippen molar-refractivity contribution in [2.45, 2.75) is 19.4 Å². The fourth-order valence-electron chi connectivity index (χ4n) is 3.44. The molecule has 2 heterocycles. The van der Waals surface area contributed by atoms with E-state index in [2.05, 4.69) is 26.7 Å². The van der Waals surface area contributed by atoms with Gasteiger partial charge in [0.15, 0.2) is 0 Å². The summed E-state index contributed by atoms with van der Waals surface area (Å²) >= 11 is 13.6. The highest BCUT2D eigenvalue weighted by atomic mass is 35.5. The SMILES string of the molecule is CC1CN(c2nc(Cc3ccccc3)ns2)CCN1C(=O)Nc1cccc(Cl)c1Cl. The number of urea groups is 1. The van der Waals surface area contributed by atoms with E-state index >= 15 is 0 Å². The highest BCUT2D eigenvalue weighted by Crippen LogP contribution is 2.30. The molecule has 0 saturated carbocycles. The molecule has 1 atom stereocenters. The van der Waals surface area contributed by atoms with Gasteiger partial charge in [0.05, 0.1) is 15.7 Å². The molecule has 1 saturated heterocycles. The Hall–Kier alpha value is -2.35. The molecule has 156 valence electrons. The molecule has 0 spiro atoms. The number of hydrogen-bond acceptors (Lipinski definition) is 5. The maximum absolute atomic E-state index is 12.8. The van der Waals surface area contributed by atoms with Crippen molar-refractivity contribution >= 4 is 51.6 Å². The van der Waals surface area contributed by atoms with Crippen LogP contribution in [0.25, 0.3) is 0 Å². The summed E-state index contributed by atoms with van der Waals surface area (Å²) in [5.41, 5.74) is 1.70. The van der Waals surface area contributed by atoms with Gasteiger partial charge in [0.25, 0.3) is 0 Å². The van der Waals surface area contributed by atoms with Gasteiger partial charge in [-0.3, -0.25) is 0 Å². The molecule has 0 radical (unpaired) electrons. The molecule has 3 aromatic rings. The van der Waals surface area contributed by atoms with E-state index in [1.807, 2.05) is 25.1 Å². The second-order valence-electron chi connectivity index (χ2n) is 7.18. The monoisotopic (exact) mass is 461 g/mol. The summed E-state index contributed by atoms with van der Waals surface area (Å²) < 4.78 is 4.51. The van der Waals surface area contributed by atoms with Crippen LogP contribution in [0, 0.1) is 0 Å². The Morgan fingerprint density at radius 3 is 2.73 bits per heavy atom. The Balaban J connectivity index is 1.37. The van der Waals surface area contributed by atoms with Crippen LogP contribution in [-0.2, 0) is 6.42 Å². The Morgan fingerprint density at radius 1 is 1.17 bits per heavy atom. The summed E-state index contributed by atoms with van der Waals surface area (Å²) in [5, 5.41) is 4.52. The van der Waals surface area contributed by atoms with Crippen LogP contribution in [-0.4, -0.2) is 46.0 Å². The lowest BCUT2D eigenvalue weighted by atomic mass is 10.1. The molecule has 0 aliphatic carbocycles. The van der Waals surface area contributed by atoms with Crippen LogP contribution < -0.4 is 10.2 Å². The molecule has 30 heavy (non-hydrogen) atoms. The quantitative estimate of drug-likeness (QED) is 0.581. The predicted octanol–water partition coefficient (Wildman–Crippen LogP) is 5.18. The van der Waals surface area contributed by atoms with Crippen molar-refractivity contribution in [1.82, 2.24) is 14.3 Å². The van der Waals surface area contributed by atoms with Gasteiger partial charge in [0.1, 0.15) is 5.82 Å². The summed E-state index contributed by atoms with van der Waals surface area (Å²) in [6.07, 6.45) is 0.718. The molecule has 0 bridgehead atoms. The Labute approximate surface area is 189 Å². The highest BCUT2D eigenvalue weighted by Gasteiger charge is 2.29. The molecule has 2 amide bonds. The van der Waals surface area contributed by atoms with E-state index in [0.717, 1.165) is 17.4 Å². The van der Waals surface area contributed by atoms with Crippen LogP contribution in [0.1, 0.15) is 18.3 Å². The molecule has 6 nitrogen and oxygen atoms in total. The van der Waals surface area contributed by atoms with E-state index in [1.165, 1.54) is 17.1 Å². The van der Waals surface area contributed by atoms with Crippen molar-refractivity contribution in [3.05, 3.63) is 70.0 Å². The van der Waals surface area contributed by atoms with Gasteiger partial charge in [-0.15, -0.1) is 0 Å². The maximum atomic E-state index is 12.8. The summed E-state index contributed by atoms with van der Waals surface area (Å²) in [6.45, 7) is 3.99. The number of benzene rings is 2. The summed E-state index contributed by atoms with van der Waals surface area (Å²) in [4.78, 5) is 21.5. The van der Waals surface area contributed by atoms with E-state index in [-0.39, 0.29) is 12.1 Å². The molecule has 1 aliphatic rings. The van der Waals surface area contributed by atoms with Gasteiger partial charge in [0.2, 0.25) is 5.13 Å². The third-order valence-electron chi connectivity index (χ3n) is 5.01. The Kier molecular flexibility index (Phi) is 6.41. The first kappa shape index (κ1) is 20.9. The number of nitrogens with zero attached hydrogens (tertiary/aromatic N) is 4. The number of rotatable bonds is 4. The van der Waals surface area contributed by atoms with Gasteiger partial charge >= 0.3 is 6.03 Å². The fraction of sp³-hybridized carbons (Fsp3) is 0.286. The fourth-order valence-corrected chi connectivity index (χ4v) is 4.51. The molecule has 1 fully saturated rings. The minimum Gasteiger partial charge on any atom is -0.343 e. The van der Waals surface area contributed by atoms with Crippen LogP contribution in [0.4, 0.5) is 15.6 Å². The third-order valence-corrected chi connectivity index (χ3v) is 6.65. The summed E-state index contributed by atoms with van der Waals surface area (Å²) in [6, 6.07) is 15.2. The lowest BCUT2D eigenvalue weighted by Gasteiger charge is -2.39. The van der Waals surface area contributed by atoms with Crippen LogP contribution in [0.5, 0.6) is 0 Å². The highest BCUT2D eigenvalue weighted by molar-refractivity contribution is 7.09. The first-order valence-electron chi connectivity index (χ1n) is 9.64. The molecule has 1 aromatic heterocycles. The second-order valence-corrected chi connectivity index (χ2v) is 8.69. The first-order chi connectivity index (χ1) is 14.5. The van der Waals surface area contributed by atoms with Crippen LogP contribution >= 0.6 is 34.7 Å². The van der Waals surface area contributed by atoms with Crippen molar-refractivity contribution in [1.29, 1.82) is 0 Å². The average molecular weight is 462 g/mol. The zero-order valence-electron chi connectivity index (χ0n) is 16.4. The zero-order valence-corrected chi connectivity index (χ0v) is 18.7. The average Bonchev–Trinajstić information content (AvgIpc) is 3.20. The van der Waals surface area contributed by atoms with E-state index in [0.29, 0.717) is 35.4 Å². The number of hydrogen-bond donors (Lipinski definition) is 1. The molecule has 9 heteroatoms. The van der Waals surface area contributed by atoms with Gasteiger partial charge in [-0.1, -0.05) is 59.6 Å². The largest absolute Gasteiger partial charge is 0.343 e. The van der Waals surface area contributed by atoms with E-state index in [4.69, 9.17) is 28.2 Å². The van der Waals surface area contributed by atoms with Gasteiger partial charge in [-0.25, -0.2) is 9.78 Å². The normalized spacial score (nSPS) is 16.6. The predicted molar refractivity (Wildman–Crippen MR) is 123 cm³/mol. The first-order valence-corrected chi connectivity index (χ1v) is 11.2. The zero-order chi connectivity index (χ0) is 21.1. The van der Waals surface area contributed by atoms with Crippen molar-refractivity contribution < 1.29 is 4.79 Å². The molecule has 4 rings (SSSR count). The minimum absolute atomic E-state index is 0.0122. The number of halogens is 2. The minimum atomic E-state index is -0.187. The lowest BCUT2D eigenvalue weighted by Crippen LogP contribution is -2.55. The summed E-state index contributed by atoms with van der Waals surface area (Å²) in [5.74, 6) is 0.824. The molecule has 1 unspecified atom stereocenters. The van der Waals surface area contributed by atoms with Gasteiger partial charge in [-0.05, 0) is 24.6 Å². The van der Waals surface area contributed by atoms with Crippen LogP contribution in [0.3, 0.4) is 0 Å². The smallest absolute Gasteiger partial charge is 0.322 e. The molecular weight excluding hydrogens is 441 g/mol. The number of anilines is 2. The topological polar surface area (TPSA) is 61.4 Å². The Bertz CT molecular complexity index is 1030. The van der Waals surface area contributed by atoms with Gasteiger partial charge in [-0.2, -0.15) is 4.37 Å². The van der Waals surface area contributed by atoms with Crippen molar-refractivity contribution in [3.63, 3.8) is 0 Å². The van der Waals surface area contributed by atoms with Gasteiger partial charge < -0.3 is 15.1 Å². The van der Waals surface area contributed by atoms with Gasteiger partial charge in [0, 0.05) is 43.6 Å². The number of amides is 2. The number of carbonyl (C=O) groups excluding carboxylic acids is 1. The molecule has 1 N–H and O–H groups in total. The number of carbonyl (C=O) groups is 1. The second kappa shape index (κ2) is 9.20. The standard InChI is InChI=1S/C21H21Cl2N5OS/c1-14-13-27(21-25-18(26-30-21)12-15-6-3-2-4-7-15)10-11-28(14)20(29)24-17-9-5-8-16(22)19(17)23/h2-9,14H,10-13H2,1H3,(H,24,29). The number of aromatic nitrogens is 2. The van der Waals surface area contributed by atoms with E-state index in [9.17, 15) is 4.79 Å². The van der Waals surface area contributed by atoms with Crippen molar-refractivity contribution in [3.8, 4) is 0 Å². The van der Waals surface area contributed by atoms with Crippen molar-refractivity contribution in [2.75, 3.05) is 29.9 Å². The van der Waals surface area contributed by atoms with Crippen LogP contribution in [0.15, 0.2) is 48.5 Å². The third kappa shape index (κ3) is 4.69. The van der Waals surface area contributed by atoms with E-state index in [1.54, 1.807) is 23.1 Å². The number of piperazine rings is 1. The maximum Gasteiger partial charge on any atom is 0.322 e. The molecule has 1 aliphatic heterocycles. The lowest BCUT2D eigenvalue weighted by molar-refractivity contribution is 0.185. The molecular formula is C21H21Cl2N5OS. The molecule has 2 aromatic carbocycles. The number of nitrogens with one attached hydrogen (secondary N) is 1. The van der Waals surface area contributed by atoms with E-state index < -0.39 is 0 Å². The van der Waals surface area contributed by atoms with Crippen LogP contribution in [0.2, 0.25) is 10.0 Å². The summed E-state index contributed by atoms with van der Waals surface area (Å²) in [7, 11) is 0.